The lowest BCUT2D eigenvalue weighted by atomic mass is 10.1. The minimum atomic E-state index is 0.112. The van der Waals surface area contributed by atoms with Crippen molar-refractivity contribution in [3.05, 3.63) is 83.0 Å². The van der Waals surface area contributed by atoms with E-state index < -0.39 is 0 Å². The molecular formula is C21H17NOS. The Hall–Kier alpha value is -2.52. The van der Waals surface area contributed by atoms with Gasteiger partial charge in [0, 0.05) is 27.1 Å². The Morgan fingerprint density at radius 2 is 1.50 bits per heavy atom. The van der Waals surface area contributed by atoms with Crippen LogP contribution in [0, 0.1) is 0 Å². The Morgan fingerprint density at radius 1 is 0.792 bits per heavy atom. The number of aryl methyl sites for hydroxylation is 1. The zero-order valence-corrected chi connectivity index (χ0v) is 14.2. The molecule has 1 aromatic heterocycles. The molecule has 0 amide bonds. The van der Waals surface area contributed by atoms with Crippen molar-refractivity contribution in [1.82, 2.24) is 4.57 Å². The van der Waals surface area contributed by atoms with Crippen molar-refractivity contribution in [2.75, 3.05) is 0 Å². The number of fused-ring (bicyclic) bond motifs is 2. The van der Waals surface area contributed by atoms with Gasteiger partial charge in [-0.2, -0.15) is 0 Å². The summed E-state index contributed by atoms with van der Waals surface area (Å²) in [5.74, 6) is 0. The molecule has 2 nitrogen and oxygen atoms in total. The molecule has 0 aliphatic rings. The number of para-hydroxylation sites is 1. The predicted octanol–water partition coefficient (Wildman–Crippen LogP) is 5.33. The summed E-state index contributed by atoms with van der Waals surface area (Å²) in [6, 6.07) is 24.3. The molecule has 0 fully saturated rings. The number of hydrogen-bond donors (Lipinski definition) is 0. The third-order valence-electron chi connectivity index (χ3n) is 4.24. The maximum atomic E-state index is 12.9. The molecule has 0 saturated carbocycles. The SMILES string of the molecule is CCn1c2ccccc2c(=O)c2cc(Sc3ccccc3)ccc21. The highest BCUT2D eigenvalue weighted by molar-refractivity contribution is 7.99. The molecular weight excluding hydrogens is 314 g/mol. The van der Waals surface area contributed by atoms with Gasteiger partial charge < -0.3 is 4.57 Å². The molecule has 0 saturated heterocycles. The van der Waals surface area contributed by atoms with Crippen LogP contribution in [-0.4, -0.2) is 4.57 Å². The molecule has 4 aromatic rings. The topological polar surface area (TPSA) is 22.0 Å². The summed E-state index contributed by atoms with van der Waals surface area (Å²) in [5, 5.41) is 1.57. The highest BCUT2D eigenvalue weighted by Crippen LogP contribution is 2.30. The van der Waals surface area contributed by atoms with Gasteiger partial charge in [0.1, 0.15) is 0 Å². The van der Waals surface area contributed by atoms with Gasteiger partial charge in [0.2, 0.25) is 0 Å². The van der Waals surface area contributed by atoms with E-state index in [0.29, 0.717) is 0 Å². The van der Waals surface area contributed by atoms with Crippen LogP contribution in [-0.2, 0) is 6.54 Å². The van der Waals surface area contributed by atoms with E-state index in [1.807, 2.05) is 48.5 Å². The third kappa shape index (κ3) is 2.51. The van der Waals surface area contributed by atoms with Gasteiger partial charge >= 0.3 is 0 Å². The summed E-state index contributed by atoms with van der Waals surface area (Å²) in [6.07, 6.45) is 0. The zero-order chi connectivity index (χ0) is 16.5. The monoisotopic (exact) mass is 331 g/mol. The Balaban J connectivity index is 1.95. The zero-order valence-electron chi connectivity index (χ0n) is 13.4. The fourth-order valence-corrected chi connectivity index (χ4v) is 4.02. The normalized spacial score (nSPS) is 11.2. The number of hydrogen-bond acceptors (Lipinski definition) is 2. The molecule has 0 spiro atoms. The van der Waals surface area contributed by atoms with Crippen molar-refractivity contribution in [2.24, 2.45) is 0 Å². The van der Waals surface area contributed by atoms with Crippen molar-refractivity contribution < 1.29 is 0 Å². The van der Waals surface area contributed by atoms with Gasteiger partial charge in [-0.05, 0) is 49.4 Å². The number of pyridine rings is 1. The Kier molecular flexibility index (Phi) is 3.87. The maximum absolute atomic E-state index is 12.9. The second-order valence-electron chi connectivity index (χ2n) is 5.68. The first-order chi connectivity index (χ1) is 11.8. The Morgan fingerprint density at radius 3 is 2.29 bits per heavy atom. The lowest BCUT2D eigenvalue weighted by molar-refractivity contribution is 0.821. The lowest BCUT2D eigenvalue weighted by Crippen LogP contribution is -2.10. The van der Waals surface area contributed by atoms with Gasteiger partial charge in [-0.15, -0.1) is 0 Å². The number of nitrogens with zero attached hydrogens (tertiary/aromatic N) is 1. The first-order valence-electron chi connectivity index (χ1n) is 8.06. The van der Waals surface area contributed by atoms with Crippen LogP contribution in [0.1, 0.15) is 6.92 Å². The Labute approximate surface area is 144 Å². The summed E-state index contributed by atoms with van der Waals surface area (Å²) in [5.41, 5.74) is 2.11. The van der Waals surface area contributed by atoms with Crippen molar-refractivity contribution >= 4 is 33.6 Å². The van der Waals surface area contributed by atoms with E-state index in [0.717, 1.165) is 33.2 Å². The minimum absolute atomic E-state index is 0.112. The van der Waals surface area contributed by atoms with Gasteiger partial charge in [-0.25, -0.2) is 0 Å². The van der Waals surface area contributed by atoms with Crippen LogP contribution < -0.4 is 5.43 Å². The average Bonchev–Trinajstić information content (AvgIpc) is 2.64. The fourth-order valence-electron chi connectivity index (χ4n) is 3.14. The second-order valence-corrected chi connectivity index (χ2v) is 6.83. The van der Waals surface area contributed by atoms with E-state index >= 15 is 0 Å². The molecule has 0 radical (unpaired) electrons. The molecule has 0 unspecified atom stereocenters. The van der Waals surface area contributed by atoms with Gasteiger partial charge in [0.15, 0.2) is 5.43 Å². The second kappa shape index (κ2) is 6.17. The van der Waals surface area contributed by atoms with Gasteiger partial charge in [-0.1, -0.05) is 42.1 Å². The highest BCUT2D eigenvalue weighted by Gasteiger charge is 2.10. The van der Waals surface area contributed by atoms with Gasteiger partial charge in [0.05, 0.1) is 11.0 Å². The van der Waals surface area contributed by atoms with Crippen LogP contribution in [0.25, 0.3) is 21.8 Å². The molecule has 0 atom stereocenters. The average molecular weight is 331 g/mol. The van der Waals surface area contributed by atoms with E-state index in [2.05, 4.69) is 35.8 Å². The molecule has 0 bridgehead atoms. The third-order valence-corrected chi connectivity index (χ3v) is 5.24. The number of rotatable bonds is 3. The summed E-state index contributed by atoms with van der Waals surface area (Å²) >= 11 is 1.68. The predicted molar refractivity (Wildman–Crippen MR) is 102 cm³/mol. The number of benzene rings is 3. The van der Waals surface area contributed by atoms with Crippen LogP contribution in [0.5, 0.6) is 0 Å². The molecule has 0 aliphatic heterocycles. The van der Waals surface area contributed by atoms with Crippen molar-refractivity contribution in [1.29, 1.82) is 0 Å². The van der Waals surface area contributed by atoms with Crippen molar-refractivity contribution in [3.63, 3.8) is 0 Å². The van der Waals surface area contributed by atoms with Crippen LogP contribution in [0.3, 0.4) is 0 Å². The minimum Gasteiger partial charge on any atom is -0.341 e. The maximum Gasteiger partial charge on any atom is 0.197 e. The van der Waals surface area contributed by atoms with Crippen molar-refractivity contribution in [3.8, 4) is 0 Å². The molecule has 3 aromatic carbocycles. The largest absolute Gasteiger partial charge is 0.341 e. The van der Waals surface area contributed by atoms with E-state index in [-0.39, 0.29) is 5.43 Å². The van der Waals surface area contributed by atoms with Crippen LogP contribution in [0.15, 0.2) is 87.4 Å². The molecule has 4 rings (SSSR count). The smallest absolute Gasteiger partial charge is 0.197 e. The molecule has 1 heterocycles. The first-order valence-corrected chi connectivity index (χ1v) is 8.88. The summed E-state index contributed by atoms with van der Waals surface area (Å²) < 4.78 is 2.21. The number of aromatic nitrogens is 1. The molecule has 24 heavy (non-hydrogen) atoms. The molecule has 0 N–H and O–H groups in total. The van der Waals surface area contributed by atoms with E-state index in [4.69, 9.17) is 0 Å². The summed E-state index contributed by atoms with van der Waals surface area (Å²) in [4.78, 5) is 15.2. The van der Waals surface area contributed by atoms with E-state index in [1.54, 1.807) is 11.8 Å². The molecule has 118 valence electrons. The summed E-state index contributed by atoms with van der Waals surface area (Å²) in [7, 11) is 0. The highest BCUT2D eigenvalue weighted by atomic mass is 32.2. The fraction of sp³-hybridized carbons (Fsp3) is 0.0952. The quantitative estimate of drug-likeness (QED) is 0.474. The van der Waals surface area contributed by atoms with E-state index in [9.17, 15) is 4.79 Å². The van der Waals surface area contributed by atoms with Crippen LogP contribution in [0.2, 0.25) is 0 Å². The molecule has 0 aliphatic carbocycles. The standard InChI is InChI=1S/C21H17NOS/c1-2-22-19-11-7-6-10-17(19)21(23)18-14-16(12-13-20(18)22)24-15-8-4-3-5-9-15/h3-14H,2H2,1H3. The van der Waals surface area contributed by atoms with Crippen LogP contribution in [0.4, 0.5) is 0 Å². The molecule has 3 heteroatoms. The van der Waals surface area contributed by atoms with Gasteiger partial charge in [-0.3, -0.25) is 4.79 Å². The summed E-state index contributed by atoms with van der Waals surface area (Å²) in [6.45, 7) is 2.95. The van der Waals surface area contributed by atoms with Crippen molar-refractivity contribution in [2.45, 2.75) is 23.3 Å². The van der Waals surface area contributed by atoms with Crippen LogP contribution >= 0.6 is 11.8 Å². The van der Waals surface area contributed by atoms with E-state index in [1.165, 1.54) is 4.90 Å². The first kappa shape index (κ1) is 15.0. The lowest BCUT2D eigenvalue weighted by Gasteiger charge is -2.14. The van der Waals surface area contributed by atoms with Gasteiger partial charge in [0.25, 0.3) is 0 Å². The Bertz CT molecular complexity index is 1080.